The zero-order valence-electron chi connectivity index (χ0n) is 25.3. The molecular formula is C40H40O2. The fourth-order valence-electron chi connectivity index (χ4n) is 6.72. The molecule has 212 valence electrons. The van der Waals surface area contributed by atoms with E-state index in [-0.39, 0.29) is 0 Å². The van der Waals surface area contributed by atoms with Gasteiger partial charge in [-0.1, -0.05) is 124 Å². The molecule has 6 aromatic carbocycles. The molecule has 0 bridgehead atoms. The number of hydrogen-bond acceptors (Lipinski definition) is 2. The first-order chi connectivity index (χ1) is 20.7. The largest absolute Gasteiger partial charge is 0.495 e. The molecule has 42 heavy (non-hydrogen) atoms. The summed E-state index contributed by atoms with van der Waals surface area (Å²) in [6.45, 7) is 4.52. The number of ether oxygens (including phenoxy) is 2. The van der Waals surface area contributed by atoms with Crippen molar-refractivity contribution in [1.29, 1.82) is 0 Å². The summed E-state index contributed by atoms with van der Waals surface area (Å²) < 4.78 is 12.8. The van der Waals surface area contributed by atoms with E-state index in [1.165, 1.54) is 44.2 Å². The molecule has 0 aliphatic rings. The van der Waals surface area contributed by atoms with Gasteiger partial charge in [0.1, 0.15) is 11.5 Å². The number of rotatable bonds is 10. The van der Waals surface area contributed by atoms with Gasteiger partial charge < -0.3 is 9.47 Å². The molecule has 0 fully saturated rings. The van der Waals surface area contributed by atoms with Crippen LogP contribution in [0.2, 0.25) is 0 Å². The van der Waals surface area contributed by atoms with Crippen LogP contribution in [0.15, 0.2) is 97.1 Å². The quantitative estimate of drug-likeness (QED) is 0.157. The van der Waals surface area contributed by atoms with Crippen LogP contribution in [0, 0.1) is 0 Å². The van der Waals surface area contributed by atoms with Crippen LogP contribution < -0.4 is 9.47 Å². The van der Waals surface area contributed by atoms with Gasteiger partial charge in [0.25, 0.3) is 0 Å². The molecule has 0 atom stereocenters. The first-order valence-corrected chi connectivity index (χ1v) is 15.4. The van der Waals surface area contributed by atoms with E-state index in [2.05, 4.69) is 111 Å². The van der Waals surface area contributed by atoms with Crippen LogP contribution in [0.3, 0.4) is 0 Å². The van der Waals surface area contributed by atoms with Crippen molar-refractivity contribution in [2.75, 3.05) is 14.2 Å². The van der Waals surface area contributed by atoms with E-state index in [0.29, 0.717) is 0 Å². The normalized spacial score (nSPS) is 11.4. The molecule has 0 saturated heterocycles. The Morgan fingerprint density at radius 3 is 1.19 bits per heavy atom. The zero-order chi connectivity index (χ0) is 29.1. The molecule has 0 spiro atoms. The number of benzene rings is 6. The number of methoxy groups -OCH3 is 2. The van der Waals surface area contributed by atoms with Gasteiger partial charge in [-0.3, -0.25) is 0 Å². The minimum atomic E-state index is 0.903. The third-order valence-electron chi connectivity index (χ3n) is 8.67. The maximum absolute atomic E-state index is 6.40. The lowest BCUT2D eigenvalue weighted by Crippen LogP contribution is -2.01. The summed E-state index contributed by atoms with van der Waals surface area (Å²) in [6.07, 6.45) is 6.70. The van der Waals surface area contributed by atoms with Crippen LogP contribution in [0.5, 0.6) is 11.5 Å². The Bertz CT molecular complexity index is 1740. The molecule has 0 aromatic heterocycles. The molecule has 0 aliphatic carbocycles. The summed E-state index contributed by atoms with van der Waals surface area (Å²) in [7, 11) is 3.62. The lowest BCUT2D eigenvalue weighted by molar-refractivity contribution is 0.418. The van der Waals surface area contributed by atoms with Gasteiger partial charge in [-0.15, -0.1) is 0 Å². The second kappa shape index (κ2) is 12.3. The minimum Gasteiger partial charge on any atom is -0.495 e. The molecule has 0 aliphatic heterocycles. The number of unbranched alkanes of at least 4 members (excludes halogenated alkanes) is 2. The van der Waals surface area contributed by atoms with Crippen molar-refractivity contribution in [3.8, 4) is 33.8 Å². The summed E-state index contributed by atoms with van der Waals surface area (Å²) >= 11 is 0. The highest BCUT2D eigenvalue weighted by molar-refractivity contribution is 6.29. The Balaban J connectivity index is 1.91. The fraction of sp³-hybridized carbons (Fsp3) is 0.250. The fourth-order valence-corrected chi connectivity index (χ4v) is 6.72. The lowest BCUT2D eigenvalue weighted by atomic mass is 9.81. The van der Waals surface area contributed by atoms with E-state index in [1.807, 2.05) is 14.2 Å². The van der Waals surface area contributed by atoms with Crippen LogP contribution >= 0.6 is 0 Å². The summed E-state index contributed by atoms with van der Waals surface area (Å²) in [5.74, 6) is 1.81. The number of fused-ring (bicyclic) bond motifs is 3. The van der Waals surface area contributed by atoms with E-state index in [9.17, 15) is 0 Å². The van der Waals surface area contributed by atoms with E-state index in [4.69, 9.17) is 9.47 Å². The second-order valence-corrected chi connectivity index (χ2v) is 11.2. The average Bonchev–Trinajstić information content (AvgIpc) is 3.04. The van der Waals surface area contributed by atoms with Gasteiger partial charge in [0.15, 0.2) is 0 Å². The third kappa shape index (κ3) is 4.69. The van der Waals surface area contributed by atoms with E-state index in [1.54, 1.807) is 0 Å². The lowest BCUT2D eigenvalue weighted by Gasteiger charge is -2.25. The molecule has 2 nitrogen and oxygen atoms in total. The number of hydrogen-bond donors (Lipinski definition) is 0. The molecule has 6 rings (SSSR count). The smallest absolute Gasteiger partial charge is 0.135 e. The second-order valence-electron chi connectivity index (χ2n) is 11.2. The Kier molecular flexibility index (Phi) is 8.15. The first kappa shape index (κ1) is 27.8. The number of aryl methyl sites for hydroxylation is 2. The molecule has 0 unspecified atom stereocenters. The van der Waals surface area contributed by atoms with Crippen molar-refractivity contribution in [3.63, 3.8) is 0 Å². The van der Waals surface area contributed by atoms with E-state index >= 15 is 0 Å². The highest BCUT2D eigenvalue weighted by atomic mass is 16.5. The molecule has 0 N–H and O–H groups in total. The monoisotopic (exact) mass is 552 g/mol. The Hall–Kier alpha value is -4.30. The van der Waals surface area contributed by atoms with Gasteiger partial charge in [0.05, 0.1) is 14.2 Å². The van der Waals surface area contributed by atoms with Crippen molar-refractivity contribution in [2.45, 2.75) is 52.4 Å². The van der Waals surface area contributed by atoms with Crippen LogP contribution in [0.4, 0.5) is 0 Å². The highest BCUT2D eigenvalue weighted by Gasteiger charge is 2.27. The highest BCUT2D eigenvalue weighted by Crippen LogP contribution is 2.54. The van der Waals surface area contributed by atoms with E-state index < -0.39 is 0 Å². The molecule has 0 heterocycles. The van der Waals surface area contributed by atoms with Gasteiger partial charge in [0.2, 0.25) is 0 Å². The molecule has 0 radical (unpaired) electrons. The van der Waals surface area contributed by atoms with Crippen molar-refractivity contribution in [3.05, 3.63) is 108 Å². The average molecular weight is 553 g/mol. The zero-order valence-corrected chi connectivity index (χ0v) is 25.3. The molecule has 6 aromatic rings. The summed E-state index contributed by atoms with van der Waals surface area (Å²) in [6, 6.07) is 35.3. The maximum Gasteiger partial charge on any atom is 0.135 e. The summed E-state index contributed by atoms with van der Waals surface area (Å²) in [5.41, 5.74) is 7.74. The SMILES string of the molecule is CCCCc1ccccc1-c1c2ccccc2c(-c2ccccc2CCCC)c2c(OC)c3ccccc3c(OC)c12. The van der Waals surface area contributed by atoms with Crippen LogP contribution in [-0.4, -0.2) is 14.2 Å². The molecular weight excluding hydrogens is 512 g/mol. The molecule has 0 saturated carbocycles. The third-order valence-corrected chi connectivity index (χ3v) is 8.67. The van der Waals surface area contributed by atoms with Gasteiger partial charge in [-0.2, -0.15) is 0 Å². The predicted molar refractivity (Wildman–Crippen MR) is 180 cm³/mol. The van der Waals surface area contributed by atoms with E-state index in [0.717, 1.165) is 71.6 Å². The van der Waals surface area contributed by atoms with Crippen molar-refractivity contribution < 1.29 is 9.47 Å². The molecule has 0 amide bonds. The maximum atomic E-state index is 6.40. The van der Waals surface area contributed by atoms with Crippen LogP contribution in [0.25, 0.3) is 54.6 Å². The van der Waals surface area contributed by atoms with Crippen molar-refractivity contribution in [1.82, 2.24) is 0 Å². The Morgan fingerprint density at radius 1 is 0.452 bits per heavy atom. The van der Waals surface area contributed by atoms with Gasteiger partial charge in [-0.05, 0) is 58.7 Å². The summed E-state index contributed by atoms with van der Waals surface area (Å²) in [4.78, 5) is 0. The Labute approximate surface area is 249 Å². The topological polar surface area (TPSA) is 18.5 Å². The van der Waals surface area contributed by atoms with Crippen molar-refractivity contribution in [2.24, 2.45) is 0 Å². The minimum absolute atomic E-state index is 0.903. The van der Waals surface area contributed by atoms with Gasteiger partial charge in [0, 0.05) is 32.7 Å². The van der Waals surface area contributed by atoms with Crippen LogP contribution in [-0.2, 0) is 12.8 Å². The molecule has 2 heteroatoms. The first-order valence-electron chi connectivity index (χ1n) is 15.4. The van der Waals surface area contributed by atoms with Gasteiger partial charge >= 0.3 is 0 Å². The standard InChI is InChI=1S/C40H40O2/c1-5-7-17-27-19-9-11-21-29(27)35-31-23-13-14-24-32(31)36(30-22-12-10-20-28(30)18-8-6-2)38-37(35)39(41-3)33-25-15-16-26-34(33)40(38)42-4/h9-16,19-26H,5-8,17-18H2,1-4H3. The van der Waals surface area contributed by atoms with Crippen LogP contribution in [0.1, 0.15) is 50.7 Å². The van der Waals surface area contributed by atoms with Gasteiger partial charge in [-0.25, -0.2) is 0 Å². The predicted octanol–water partition coefficient (Wildman–Crippen LogP) is 11.2. The Morgan fingerprint density at radius 2 is 0.810 bits per heavy atom. The van der Waals surface area contributed by atoms with Crippen molar-refractivity contribution >= 4 is 32.3 Å². The summed E-state index contributed by atoms with van der Waals surface area (Å²) in [5, 5.41) is 6.86.